The lowest BCUT2D eigenvalue weighted by atomic mass is 10.2. The Morgan fingerprint density at radius 1 is 1.29 bits per heavy atom. The van der Waals surface area contributed by atoms with Crippen molar-refractivity contribution < 1.29 is 13.9 Å². The van der Waals surface area contributed by atoms with Crippen molar-refractivity contribution in [2.75, 3.05) is 24.2 Å². The molecule has 6 heteroatoms. The summed E-state index contributed by atoms with van der Waals surface area (Å²) in [5.41, 5.74) is 1.23. The van der Waals surface area contributed by atoms with Crippen LogP contribution in [0.15, 0.2) is 48.5 Å². The first-order valence-corrected chi connectivity index (χ1v) is 8.90. The van der Waals surface area contributed by atoms with E-state index < -0.39 is 0 Å². The van der Waals surface area contributed by atoms with E-state index in [0.717, 1.165) is 11.5 Å². The molecule has 0 unspecified atom stereocenters. The van der Waals surface area contributed by atoms with Crippen LogP contribution in [0.4, 0.5) is 14.9 Å². The van der Waals surface area contributed by atoms with Gasteiger partial charge in [-0.2, -0.15) is 0 Å². The van der Waals surface area contributed by atoms with Crippen LogP contribution in [-0.2, 0) is 0 Å². The van der Waals surface area contributed by atoms with Gasteiger partial charge in [0.2, 0.25) is 0 Å². The molecule has 0 aromatic heterocycles. The third-order valence-electron chi connectivity index (χ3n) is 3.74. The highest BCUT2D eigenvalue weighted by Crippen LogP contribution is 2.39. The van der Waals surface area contributed by atoms with Crippen molar-refractivity contribution in [3.8, 4) is 5.75 Å². The van der Waals surface area contributed by atoms with E-state index in [2.05, 4.69) is 5.32 Å². The van der Waals surface area contributed by atoms with Crippen LogP contribution >= 0.6 is 11.8 Å². The fraction of sp³-hybridized carbons (Fsp3) is 0.278. The van der Waals surface area contributed by atoms with Gasteiger partial charge in [0, 0.05) is 23.5 Å². The zero-order valence-corrected chi connectivity index (χ0v) is 14.2. The van der Waals surface area contributed by atoms with Crippen molar-refractivity contribution in [1.82, 2.24) is 4.90 Å². The highest BCUT2D eigenvalue weighted by Gasteiger charge is 2.32. The topological polar surface area (TPSA) is 41.6 Å². The van der Waals surface area contributed by atoms with Gasteiger partial charge in [-0.05, 0) is 37.3 Å². The number of hydrogen-bond donors (Lipinski definition) is 1. The minimum atomic E-state index is -0.297. The molecule has 24 heavy (non-hydrogen) atoms. The number of halogens is 1. The number of anilines is 1. The molecule has 1 heterocycles. The maximum absolute atomic E-state index is 14.0. The summed E-state index contributed by atoms with van der Waals surface area (Å²) in [5, 5.41) is 2.57. The Labute approximate surface area is 145 Å². The van der Waals surface area contributed by atoms with Crippen LogP contribution in [0.25, 0.3) is 0 Å². The van der Waals surface area contributed by atoms with Crippen molar-refractivity contribution in [2.45, 2.75) is 12.3 Å². The van der Waals surface area contributed by atoms with Crippen LogP contribution in [0.5, 0.6) is 5.75 Å². The van der Waals surface area contributed by atoms with E-state index in [4.69, 9.17) is 4.74 Å². The molecule has 1 aliphatic heterocycles. The van der Waals surface area contributed by atoms with Gasteiger partial charge in [0.25, 0.3) is 0 Å². The molecule has 0 saturated carbocycles. The Morgan fingerprint density at radius 2 is 2.04 bits per heavy atom. The first-order valence-electron chi connectivity index (χ1n) is 7.85. The Bertz CT molecular complexity index is 708. The molecule has 0 spiro atoms. The molecule has 126 valence electrons. The summed E-state index contributed by atoms with van der Waals surface area (Å²) >= 11 is 1.57. The smallest absolute Gasteiger partial charge is 0.323 e. The average molecular weight is 346 g/mol. The Kier molecular flexibility index (Phi) is 5.25. The maximum atomic E-state index is 14.0. The van der Waals surface area contributed by atoms with E-state index in [1.54, 1.807) is 47.0 Å². The van der Waals surface area contributed by atoms with Crippen molar-refractivity contribution in [1.29, 1.82) is 0 Å². The number of carbonyl (C=O) groups excluding carboxylic acids is 1. The molecule has 0 radical (unpaired) electrons. The summed E-state index contributed by atoms with van der Waals surface area (Å²) in [4.78, 5) is 14.2. The lowest BCUT2D eigenvalue weighted by Crippen LogP contribution is -2.34. The minimum absolute atomic E-state index is 0.225. The first-order chi connectivity index (χ1) is 11.7. The first kappa shape index (κ1) is 16.6. The highest BCUT2D eigenvalue weighted by atomic mass is 32.2. The van der Waals surface area contributed by atoms with Gasteiger partial charge in [0.1, 0.15) is 16.9 Å². The normalized spacial score (nSPS) is 16.9. The van der Waals surface area contributed by atoms with E-state index in [1.807, 2.05) is 19.1 Å². The molecule has 4 nitrogen and oxygen atoms in total. The molecule has 1 atom stereocenters. The number of urea groups is 1. The third kappa shape index (κ3) is 3.64. The quantitative estimate of drug-likeness (QED) is 0.886. The van der Waals surface area contributed by atoms with Gasteiger partial charge >= 0.3 is 6.03 Å². The molecule has 1 saturated heterocycles. The van der Waals surface area contributed by atoms with E-state index >= 15 is 0 Å². The van der Waals surface area contributed by atoms with Crippen LogP contribution in [-0.4, -0.2) is 29.8 Å². The van der Waals surface area contributed by atoms with Crippen molar-refractivity contribution in [2.24, 2.45) is 0 Å². The number of nitrogens with one attached hydrogen (secondary N) is 1. The van der Waals surface area contributed by atoms with E-state index in [-0.39, 0.29) is 17.2 Å². The molecule has 3 rings (SSSR count). The number of ether oxygens (including phenoxy) is 1. The number of benzene rings is 2. The molecule has 1 aliphatic rings. The lowest BCUT2D eigenvalue weighted by Gasteiger charge is -2.24. The number of carbonyl (C=O) groups is 1. The summed E-state index contributed by atoms with van der Waals surface area (Å²) in [6, 6.07) is 13.6. The number of nitrogens with zero attached hydrogens (tertiary/aromatic N) is 1. The summed E-state index contributed by atoms with van der Waals surface area (Å²) in [7, 11) is 0. The summed E-state index contributed by atoms with van der Waals surface area (Å²) in [5.74, 6) is 1.27. The second-order valence-corrected chi connectivity index (χ2v) is 6.51. The highest BCUT2D eigenvalue weighted by molar-refractivity contribution is 7.99. The number of amides is 2. The Morgan fingerprint density at radius 3 is 2.75 bits per heavy atom. The average Bonchev–Trinajstić information content (AvgIpc) is 3.07. The molecular formula is C18H19FN2O2S. The van der Waals surface area contributed by atoms with E-state index in [9.17, 15) is 9.18 Å². The third-order valence-corrected chi connectivity index (χ3v) is 4.98. The van der Waals surface area contributed by atoms with Crippen LogP contribution in [0.1, 0.15) is 17.9 Å². The zero-order chi connectivity index (χ0) is 16.9. The fourth-order valence-electron chi connectivity index (χ4n) is 2.61. The van der Waals surface area contributed by atoms with Crippen LogP contribution in [0.3, 0.4) is 0 Å². The standard InChI is InChI=1S/C18H19FN2O2S/c1-2-23-14-9-7-13(8-10-14)20-18(22)21-11-12-24-17(21)15-5-3-4-6-16(15)19/h3-10,17H,2,11-12H2,1H3,(H,20,22)/t17-/m0/s1. The summed E-state index contributed by atoms with van der Waals surface area (Å²) in [6.07, 6.45) is 0. The number of thioether (sulfide) groups is 1. The number of rotatable bonds is 4. The predicted octanol–water partition coefficient (Wildman–Crippen LogP) is 4.50. The second-order valence-electron chi connectivity index (χ2n) is 5.33. The molecule has 2 aromatic carbocycles. The van der Waals surface area contributed by atoms with Gasteiger partial charge in [0.05, 0.1) is 6.61 Å². The summed E-state index contributed by atoms with van der Waals surface area (Å²) < 4.78 is 19.4. The van der Waals surface area contributed by atoms with Crippen LogP contribution in [0.2, 0.25) is 0 Å². The molecule has 1 fully saturated rings. The van der Waals surface area contributed by atoms with Crippen molar-refractivity contribution in [3.05, 3.63) is 59.9 Å². The second kappa shape index (κ2) is 7.57. The van der Waals surface area contributed by atoms with E-state index in [1.165, 1.54) is 6.07 Å². The molecule has 1 N–H and O–H groups in total. The Balaban J connectivity index is 1.71. The van der Waals surface area contributed by atoms with Gasteiger partial charge in [-0.15, -0.1) is 11.8 Å². The maximum Gasteiger partial charge on any atom is 0.323 e. The number of hydrogen-bond acceptors (Lipinski definition) is 3. The molecule has 2 aromatic rings. The molecule has 0 bridgehead atoms. The SMILES string of the molecule is CCOc1ccc(NC(=O)N2CCS[C@H]2c2ccccc2F)cc1. The van der Waals surface area contributed by atoms with Gasteiger partial charge in [-0.1, -0.05) is 18.2 Å². The Hall–Kier alpha value is -2.21. The van der Waals surface area contributed by atoms with Crippen LogP contribution < -0.4 is 10.1 Å². The fourth-order valence-corrected chi connectivity index (χ4v) is 3.88. The molecule has 0 aliphatic carbocycles. The van der Waals surface area contributed by atoms with Gasteiger partial charge < -0.3 is 15.0 Å². The van der Waals surface area contributed by atoms with Gasteiger partial charge in [-0.3, -0.25) is 0 Å². The largest absolute Gasteiger partial charge is 0.494 e. The monoisotopic (exact) mass is 346 g/mol. The van der Waals surface area contributed by atoms with Crippen molar-refractivity contribution in [3.63, 3.8) is 0 Å². The lowest BCUT2D eigenvalue weighted by molar-refractivity contribution is 0.213. The zero-order valence-electron chi connectivity index (χ0n) is 13.4. The summed E-state index contributed by atoms with van der Waals surface area (Å²) in [6.45, 7) is 3.11. The van der Waals surface area contributed by atoms with Gasteiger partial charge in [0.15, 0.2) is 0 Å². The van der Waals surface area contributed by atoms with Crippen molar-refractivity contribution >= 4 is 23.5 Å². The van der Waals surface area contributed by atoms with E-state index in [0.29, 0.717) is 24.4 Å². The minimum Gasteiger partial charge on any atom is -0.494 e. The molecule has 2 amide bonds. The van der Waals surface area contributed by atoms with Gasteiger partial charge in [-0.25, -0.2) is 9.18 Å². The van der Waals surface area contributed by atoms with Crippen LogP contribution in [0, 0.1) is 5.82 Å². The molecular weight excluding hydrogens is 327 g/mol. The predicted molar refractivity (Wildman–Crippen MR) is 94.9 cm³/mol.